The van der Waals surface area contributed by atoms with Crippen LogP contribution in [0.2, 0.25) is 0 Å². The largest absolute Gasteiger partial charge is 0.378 e. The number of aromatic nitrogens is 2. The number of H-pyrrole nitrogens is 1. The van der Waals surface area contributed by atoms with Crippen molar-refractivity contribution >= 4 is 5.91 Å². The maximum absolute atomic E-state index is 12.2. The van der Waals surface area contributed by atoms with Crippen molar-refractivity contribution < 1.29 is 9.53 Å². The van der Waals surface area contributed by atoms with E-state index in [0.717, 1.165) is 19.3 Å². The molecule has 0 spiro atoms. The van der Waals surface area contributed by atoms with Gasteiger partial charge < -0.3 is 15.4 Å². The van der Waals surface area contributed by atoms with Crippen LogP contribution in [-0.2, 0) is 4.74 Å². The Kier molecular flexibility index (Phi) is 5.25. The van der Waals surface area contributed by atoms with Crippen molar-refractivity contribution in [3.63, 3.8) is 0 Å². The van der Waals surface area contributed by atoms with Crippen LogP contribution in [0.4, 0.5) is 0 Å². The van der Waals surface area contributed by atoms with Crippen molar-refractivity contribution in [2.45, 2.75) is 25.4 Å². The SMILES string of the molecule is NCCCOC1CCN(C(=O)c2ccc(=O)[nH]n2)CC1. The third-order valence-corrected chi connectivity index (χ3v) is 3.33. The number of nitrogens with two attached hydrogens (primary N) is 1. The van der Waals surface area contributed by atoms with E-state index in [2.05, 4.69) is 10.2 Å². The van der Waals surface area contributed by atoms with Crippen molar-refractivity contribution in [1.82, 2.24) is 15.1 Å². The van der Waals surface area contributed by atoms with Gasteiger partial charge in [-0.2, -0.15) is 5.10 Å². The number of nitrogens with one attached hydrogen (secondary N) is 1. The Bertz CT molecular complexity index is 474. The van der Waals surface area contributed by atoms with Crippen LogP contribution in [0.25, 0.3) is 0 Å². The van der Waals surface area contributed by atoms with Gasteiger partial charge in [-0.05, 0) is 31.9 Å². The summed E-state index contributed by atoms with van der Waals surface area (Å²) in [7, 11) is 0. The zero-order chi connectivity index (χ0) is 14.4. The van der Waals surface area contributed by atoms with Gasteiger partial charge in [0.15, 0.2) is 0 Å². The van der Waals surface area contributed by atoms with Crippen LogP contribution in [0.15, 0.2) is 16.9 Å². The maximum Gasteiger partial charge on any atom is 0.274 e. The first-order valence-electron chi connectivity index (χ1n) is 6.87. The second-order valence-electron chi connectivity index (χ2n) is 4.81. The molecule has 1 aromatic heterocycles. The van der Waals surface area contributed by atoms with Gasteiger partial charge in [-0.3, -0.25) is 9.59 Å². The second-order valence-corrected chi connectivity index (χ2v) is 4.81. The van der Waals surface area contributed by atoms with Crippen LogP contribution in [0.1, 0.15) is 29.8 Å². The van der Waals surface area contributed by atoms with Gasteiger partial charge in [0.25, 0.3) is 11.5 Å². The van der Waals surface area contributed by atoms with E-state index in [9.17, 15) is 9.59 Å². The highest BCUT2D eigenvalue weighted by Crippen LogP contribution is 2.15. The van der Waals surface area contributed by atoms with Gasteiger partial charge in [0, 0.05) is 25.8 Å². The highest BCUT2D eigenvalue weighted by atomic mass is 16.5. The molecule has 1 aliphatic heterocycles. The molecule has 1 saturated heterocycles. The second kappa shape index (κ2) is 7.16. The first-order valence-corrected chi connectivity index (χ1v) is 6.87. The summed E-state index contributed by atoms with van der Waals surface area (Å²) in [4.78, 5) is 24.8. The van der Waals surface area contributed by atoms with Crippen molar-refractivity contribution in [2.75, 3.05) is 26.2 Å². The van der Waals surface area contributed by atoms with Crippen LogP contribution < -0.4 is 11.3 Å². The fourth-order valence-corrected chi connectivity index (χ4v) is 2.18. The topological polar surface area (TPSA) is 101 Å². The predicted octanol–water partition coefficient (Wildman–Crippen LogP) is -0.260. The summed E-state index contributed by atoms with van der Waals surface area (Å²) >= 11 is 0. The molecule has 1 aliphatic rings. The minimum absolute atomic E-state index is 0.151. The highest BCUT2D eigenvalue weighted by Gasteiger charge is 2.24. The molecule has 3 N–H and O–H groups in total. The van der Waals surface area contributed by atoms with E-state index in [1.54, 1.807) is 4.90 Å². The van der Waals surface area contributed by atoms with E-state index in [0.29, 0.717) is 26.2 Å². The number of likely N-dealkylation sites (tertiary alicyclic amines) is 1. The van der Waals surface area contributed by atoms with Gasteiger partial charge in [-0.15, -0.1) is 0 Å². The van der Waals surface area contributed by atoms with E-state index < -0.39 is 0 Å². The van der Waals surface area contributed by atoms with Crippen molar-refractivity contribution in [3.8, 4) is 0 Å². The fraction of sp³-hybridized carbons (Fsp3) is 0.615. The third-order valence-electron chi connectivity index (χ3n) is 3.33. The van der Waals surface area contributed by atoms with Crippen molar-refractivity contribution in [1.29, 1.82) is 0 Å². The summed E-state index contributed by atoms with van der Waals surface area (Å²) in [6, 6.07) is 2.76. The van der Waals surface area contributed by atoms with Crippen LogP contribution in [-0.4, -0.2) is 53.3 Å². The van der Waals surface area contributed by atoms with Gasteiger partial charge >= 0.3 is 0 Å². The predicted molar refractivity (Wildman–Crippen MR) is 73.4 cm³/mol. The zero-order valence-electron chi connectivity index (χ0n) is 11.4. The lowest BCUT2D eigenvalue weighted by atomic mass is 10.1. The van der Waals surface area contributed by atoms with Crippen LogP contribution in [0.5, 0.6) is 0 Å². The number of carbonyl (C=O) groups excluding carboxylic acids is 1. The molecule has 0 aliphatic carbocycles. The molecule has 1 amide bonds. The summed E-state index contributed by atoms with van der Waals surface area (Å²) in [5, 5.41) is 6.03. The molecule has 0 radical (unpaired) electrons. The molecule has 0 saturated carbocycles. The molecule has 0 atom stereocenters. The molecule has 2 heterocycles. The van der Waals surface area contributed by atoms with Gasteiger partial charge in [0.05, 0.1) is 6.10 Å². The summed E-state index contributed by atoms with van der Waals surface area (Å²) in [5.74, 6) is -0.151. The number of hydrogen-bond donors (Lipinski definition) is 2. The normalized spacial score (nSPS) is 16.4. The number of hydrogen-bond acceptors (Lipinski definition) is 5. The number of rotatable bonds is 5. The smallest absolute Gasteiger partial charge is 0.274 e. The van der Waals surface area contributed by atoms with Crippen LogP contribution >= 0.6 is 0 Å². The Morgan fingerprint density at radius 1 is 1.45 bits per heavy atom. The molecule has 0 bridgehead atoms. The minimum Gasteiger partial charge on any atom is -0.378 e. The summed E-state index contributed by atoms with van der Waals surface area (Å²) in [6.07, 6.45) is 2.70. The molecular weight excluding hydrogens is 260 g/mol. The number of nitrogens with zero attached hydrogens (tertiary/aromatic N) is 2. The Morgan fingerprint density at radius 2 is 2.20 bits per heavy atom. The molecule has 1 fully saturated rings. The lowest BCUT2D eigenvalue weighted by Crippen LogP contribution is -2.41. The molecule has 0 aromatic carbocycles. The van der Waals surface area contributed by atoms with E-state index in [-0.39, 0.29) is 23.3 Å². The summed E-state index contributed by atoms with van der Waals surface area (Å²) in [5.41, 5.74) is 5.37. The number of amides is 1. The standard InChI is InChI=1S/C13H20N4O3/c14-6-1-9-20-10-4-7-17(8-5-10)13(19)11-2-3-12(18)16-15-11/h2-3,10H,1,4-9,14H2,(H,16,18). The van der Waals surface area contributed by atoms with E-state index in [1.807, 2.05) is 0 Å². The van der Waals surface area contributed by atoms with Gasteiger partial charge in [0.1, 0.15) is 5.69 Å². The molecule has 110 valence electrons. The number of carbonyl (C=O) groups is 1. The van der Waals surface area contributed by atoms with E-state index in [1.165, 1.54) is 12.1 Å². The molecule has 1 aromatic rings. The lowest BCUT2D eigenvalue weighted by molar-refractivity contribution is 0.00826. The van der Waals surface area contributed by atoms with E-state index in [4.69, 9.17) is 10.5 Å². The molecule has 20 heavy (non-hydrogen) atoms. The first kappa shape index (κ1) is 14.7. The fourth-order valence-electron chi connectivity index (χ4n) is 2.18. The third kappa shape index (κ3) is 3.88. The van der Waals surface area contributed by atoms with Gasteiger partial charge in [0.2, 0.25) is 0 Å². The quantitative estimate of drug-likeness (QED) is 0.724. The average molecular weight is 280 g/mol. The number of aromatic amines is 1. The highest BCUT2D eigenvalue weighted by molar-refractivity contribution is 5.92. The minimum atomic E-state index is -0.312. The first-order chi connectivity index (χ1) is 9.70. The average Bonchev–Trinajstić information content (AvgIpc) is 2.48. The van der Waals surface area contributed by atoms with Crippen LogP contribution in [0, 0.1) is 0 Å². The Morgan fingerprint density at radius 3 is 2.80 bits per heavy atom. The molecule has 0 unspecified atom stereocenters. The summed E-state index contributed by atoms with van der Waals surface area (Å²) in [6.45, 7) is 2.60. The zero-order valence-corrected chi connectivity index (χ0v) is 11.4. The Hall–Kier alpha value is -1.73. The van der Waals surface area contributed by atoms with Crippen molar-refractivity contribution in [2.24, 2.45) is 5.73 Å². The van der Waals surface area contributed by atoms with E-state index >= 15 is 0 Å². The number of ether oxygens (including phenoxy) is 1. The summed E-state index contributed by atoms with van der Waals surface area (Å²) < 4.78 is 5.69. The molecule has 7 nitrogen and oxygen atoms in total. The molecule has 2 rings (SSSR count). The van der Waals surface area contributed by atoms with Crippen molar-refractivity contribution in [3.05, 3.63) is 28.2 Å². The number of piperidine rings is 1. The Labute approximate surface area is 117 Å². The lowest BCUT2D eigenvalue weighted by Gasteiger charge is -2.31. The molecule has 7 heteroatoms. The van der Waals surface area contributed by atoms with Crippen LogP contribution in [0.3, 0.4) is 0 Å². The molecular formula is C13H20N4O3. The maximum atomic E-state index is 12.2. The van der Waals surface area contributed by atoms with Gasteiger partial charge in [-0.25, -0.2) is 5.10 Å². The van der Waals surface area contributed by atoms with Gasteiger partial charge in [-0.1, -0.05) is 0 Å². The Balaban J connectivity index is 1.82. The monoisotopic (exact) mass is 280 g/mol.